The van der Waals surface area contributed by atoms with Gasteiger partial charge in [-0.15, -0.1) is 0 Å². The number of benzene rings is 1. The fourth-order valence-corrected chi connectivity index (χ4v) is 4.35. The number of likely N-dealkylation sites (tertiary alicyclic amines) is 1. The number of imide groups is 1. The van der Waals surface area contributed by atoms with Crippen molar-refractivity contribution >= 4 is 23.4 Å². The van der Waals surface area contributed by atoms with Crippen molar-refractivity contribution in [3.8, 4) is 0 Å². The van der Waals surface area contributed by atoms with Crippen LogP contribution in [0.15, 0.2) is 12.1 Å². The van der Waals surface area contributed by atoms with E-state index in [-0.39, 0.29) is 35.9 Å². The predicted octanol–water partition coefficient (Wildman–Crippen LogP) is 1.59. The molecule has 0 bridgehead atoms. The van der Waals surface area contributed by atoms with Gasteiger partial charge in [0.15, 0.2) is 0 Å². The molecule has 1 aromatic rings. The number of anilines is 1. The van der Waals surface area contributed by atoms with Crippen molar-refractivity contribution in [2.45, 2.75) is 38.6 Å². The number of carbonyl (C=O) groups excluding carboxylic acids is 3. The van der Waals surface area contributed by atoms with Crippen molar-refractivity contribution in [3.05, 3.63) is 29.1 Å². The number of amides is 3. The maximum absolute atomic E-state index is 14.6. The number of hydrogen-bond acceptors (Lipinski definition) is 4. The van der Waals surface area contributed by atoms with E-state index in [9.17, 15) is 18.8 Å². The molecule has 1 saturated carbocycles. The third-order valence-electron chi connectivity index (χ3n) is 5.72. The summed E-state index contributed by atoms with van der Waals surface area (Å²) in [6.07, 6.45) is 3.86. The molecule has 26 heavy (non-hydrogen) atoms. The van der Waals surface area contributed by atoms with Crippen molar-refractivity contribution in [1.82, 2.24) is 10.2 Å². The molecule has 4 rings (SSSR count). The van der Waals surface area contributed by atoms with E-state index < -0.39 is 11.7 Å². The summed E-state index contributed by atoms with van der Waals surface area (Å²) in [6, 6.07) is 3.33. The number of carbonyl (C=O) groups is 3. The van der Waals surface area contributed by atoms with Gasteiger partial charge in [0.1, 0.15) is 12.4 Å². The summed E-state index contributed by atoms with van der Waals surface area (Å²) in [5, 5.41) is 5.70. The van der Waals surface area contributed by atoms with Crippen LogP contribution in [0.2, 0.25) is 0 Å². The van der Waals surface area contributed by atoms with Gasteiger partial charge in [0.25, 0.3) is 0 Å². The van der Waals surface area contributed by atoms with E-state index in [2.05, 4.69) is 10.6 Å². The van der Waals surface area contributed by atoms with Crippen LogP contribution in [0, 0.1) is 17.7 Å². The molecule has 2 fully saturated rings. The molecule has 2 aliphatic heterocycles. The third-order valence-corrected chi connectivity index (χ3v) is 5.72. The SMILES string of the molecule is O=C(CN1C(=O)C2CCCCC2C1=O)Nc1ccc2c(c1F)CCNC2. The first-order chi connectivity index (χ1) is 12.6. The highest BCUT2D eigenvalue weighted by Crippen LogP contribution is 2.37. The van der Waals surface area contributed by atoms with Crippen LogP contribution in [0.4, 0.5) is 10.1 Å². The van der Waals surface area contributed by atoms with E-state index >= 15 is 0 Å². The van der Waals surface area contributed by atoms with Crippen LogP contribution in [-0.2, 0) is 27.3 Å². The first kappa shape index (κ1) is 17.1. The summed E-state index contributed by atoms with van der Waals surface area (Å²) < 4.78 is 14.6. The summed E-state index contributed by atoms with van der Waals surface area (Å²) in [6.45, 7) is 0.962. The lowest BCUT2D eigenvalue weighted by molar-refractivity contribution is -0.142. The molecule has 3 aliphatic rings. The highest BCUT2D eigenvalue weighted by molar-refractivity contribution is 6.08. The molecule has 0 spiro atoms. The molecular formula is C19H22FN3O3. The smallest absolute Gasteiger partial charge is 0.244 e. The molecule has 2 heterocycles. The maximum atomic E-state index is 14.6. The molecule has 1 aromatic carbocycles. The topological polar surface area (TPSA) is 78.5 Å². The van der Waals surface area contributed by atoms with Gasteiger partial charge in [-0.25, -0.2) is 4.39 Å². The average Bonchev–Trinajstić information content (AvgIpc) is 2.89. The Labute approximate surface area is 151 Å². The second-order valence-corrected chi connectivity index (χ2v) is 7.30. The quantitative estimate of drug-likeness (QED) is 0.804. The maximum Gasteiger partial charge on any atom is 0.244 e. The Bertz CT molecular complexity index is 756. The predicted molar refractivity (Wildman–Crippen MR) is 92.6 cm³/mol. The molecule has 138 valence electrons. The van der Waals surface area contributed by atoms with E-state index in [0.717, 1.165) is 23.3 Å². The summed E-state index contributed by atoms with van der Waals surface area (Å²) in [5.41, 5.74) is 1.61. The Hall–Kier alpha value is -2.28. The van der Waals surface area contributed by atoms with E-state index in [1.165, 1.54) is 6.07 Å². The second-order valence-electron chi connectivity index (χ2n) is 7.30. The van der Waals surface area contributed by atoms with E-state index in [0.29, 0.717) is 37.9 Å². The van der Waals surface area contributed by atoms with Gasteiger partial charge in [-0.3, -0.25) is 19.3 Å². The first-order valence-electron chi connectivity index (χ1n) is 9.22. The van der Waals surface area contributed by atoms with Gasteiger partial charge in [-0.1, -0.05) is 18.9 Å². The number of nitrogens with zero attached hydrogens (tertiary/aromatic N) is 1. The molecular weight excluding hydrogens is 337 g/mol. The van der Waals surface area contributed by atoms with Crippen LogP contribution >= 0.6 is 0 Å². The Morgan fingerprint density at radius 2 is 1.88 bits per heavy atom. The molecule has 1 aliphatic carbocycles. The zero-order valence-corrected chi connectivity index (χ0v) is 14.5. The molecule has 7 heteroatoms. The van der Waals surface area contributed by atoms with Gasteiger partial charge in [0.05, 0.1) is 17.5 Å². The summed E-state index contributed by atoms with van der Waals surface area (Å²) in [5.74, 6) is -2.05. The lowest BCUT2D eigenvalue weighted by Gasteiger charge is -2.20. The Morgan fingerprint density at radius 3 is 2.58 bits per heavy atom. The zero-order valence-electron chi connectivity index (χ0n) is 14.5. The Morgan fingerprint density at radius 1 is 1.19 bits per heavy atom. The van der Waals surface area contributed by atoms with E-state index in [1.807, 2.05) is 0 Å². The fraction of sp³-hybridized carbons (Fsp3) is 0.526. The summed E-state index contributed by atoms with van der Waals surface area (Å²) >= 11 is 0. The standard InChI is InChI=1S/C19H22FN3O3/c20-17-12-7-8-21-9-11(12)5-6-15(17)22-16(24)10-23-18(25)13-3-1-2-4-14(13)19(23)26/h5-6,13-14,21H,1-4,7-10H2,(H,22,24). The summed E-state index contributed by atoms with van der Waals surface area (Å²) in [4.78, 5) is 38.3. The van der Waals surface area contributed by atoms with Crippen LogP contribution in [0.3, 0.4) is 0 Å². The number of rotatable bonds is 3. The minimum atomic E-state index is -0.543. The molecule has 0 radical (unpaired) electrons. The Balaban J connectivity index is 1.46. The summed E-state index contributed by atoms with van der Waals surface area (Å²) in [7, 11) is 0. The monoisotopic (exact) mass is 359 g/mol. The number of fused-ring (bicyclic) bond motifs is 2. The van der Waals surface area contributed by atoms with Crippen molar-refractivity contribution in [3.63, 3.8) is 0 Å². The van der Waals surface area contributed by atoms with Gasteiger partial charge in [0, 0.05) is 6.54 Å². The van der Waals surface area contributed by atoms with Gasteiger partial charge in [0.2, 0.25) is 17.7 Å². The van der Waals surface area contributed by atoms with E-state index in [4.69, 9.17) is 0 Å². The highest BCUT2D eigenvalue weighted by Gasteiger charge is 2.48. The largest absolute Gasteiger partial charge is 0.322 e. The highest BCUT2D eigenvalue weighted by atomic mass is 19.1. The first-order valence-corrected chi connectivity index (χ1v) is 9.22. The van der Waals surface area contributed by atoms with Crippen molar-refractivity contribution in [2.24, 2.45) is 11.8 Å². The molecule has 2 N–H and O–H groups in total. The molecule has 6 nitrogen and oxygen atoms in total. The van der Waals surface area contributed by atoms with Gasteiger partial charge >= 0.3 is 0 Å². The zero-order chi connectivity index (χ0) is 18.3. The van der Waals surface area contributed by atoms with Gasteiger partial charge < -0.3 is 10.6 Å². The van der Waals surface area contributed by atoms with Crippen LogP contribution in [0.25, 0.3) is 0 Å². The van der Waals surface area contributed by atoms with Crippen LogP contribution in [-0.4, -0.2) is 35.7 Å². The van der Waals surface area contributed by atoms with Crippen molar-refractivity contribution < 1.29 is 18.8 Å². The number of halogens is 1. The molecule has 2 unspecified atom stereocenters. The van der Waals surface area contributed by atoms with Crippen LogP contribution in [0.5, 0.6) is 0 Å². The van der Waals surface area contributed by atoms with Crippen LogP contribution in [0.1, 0.15) is 36.8 Å². The molecule has 1 saturated heterocycles. The van der Waals surface area contributed by atoms with Crippen LogP contribution < -0.4 is 10.6 Å². The normalized spacial score (nSPS) is 25.0. The van der Waals surface area contributed by atoms with Gasteiger partial charge in [-0.05, 0) is 43.0 Å². The lowest BCUT2D eigenvalue weighted by Crippen LogP contribution is -2.38. The fourth-order valence-electron chi connectivity index (χ4n) is 4.35. The van der Waals surface area contributed by atoms with Gasteiger partial charge in [-0.2, -0.15) is 0 Å². The van der Waals surface area contributed by atoms with E-state index in [1.54, 1.807) is 6.07 Å². The molecule has 2 atom stereocenters. The lowest BCUT2D eigenvalue weighted by atomic mass is 9.81. The molecule has 0 aromatic heterocycles. The molecule has 3 amide bonds. The second kappa shape index (κ2) is 6.79. The van der Waals surface area contributed by atoms with Crippen molar-refractivity contribution in [1.29, 1.82) is 0 Å². The minimum Gasteiger partial charge on any atom is -0.322 e. The average molecular weight is 359 g/mol. The van der Waals surface area contributed by atoms with Crippen molar-refractivity contribution in [2.75, 3.05) is 18.4 Å². The third kappa shape index (κ3) is 2.90. The number of hydrogen-bond donors (Lipinski definition) is 2. The minimum absolute atomic E-state index is 0.104. The number of nitrogens with one attached hydrogen (secondary N) is 2. The Kier molecular flexibility index (Phi) is 4.48.